The second-order valence-corrected chi connectivity index (χ2v) is 5.35. The minimum atomic E-state index is 0.0732. The Morgan fingerprint density at radius 3 is 2.88 bits per heavy atom. The average molecular weight is 238 g/mol. The first-order valence-corrected chi connectivity index (χ1v) is 6.31. The maximum Gasteiger partial charge on any atom is 0.0702 e. The Morgan fingerprint density at radius 1 is 1.38 bits per heavy atom. The lowest BCUT2D eigenvalue weighted by Crippen LogP contribution is -2.32. The molecule has 86 valence electrons. The Hall–Kier alpha value is -0.730. The molecule has 1 aromatic carbocycles. The van der Waals surface area contributed by atoms with Crippen molar-refractivity contribution in [2.75, 3.05) is 11.4 Å². The molecule has 2 bridgehead atoms. The molecule has 1 N–H and O–H groups in total. The second-order valence-electron chi connectivity index (χ2n) is 4.92. The van der Waals surface area contributed by atoms with Crippen LogP contribution in [-0.4, -0.2) is 17.7 Å². The number of piperidine rings is 1. The summed E-state index contributed by atoms with van der Waals surface area (Å²) in [5.74, 6) is 0.868. The maximum absolute atomic E-state index is 9.39. The fourth-order valence-electron chi connectivity index (χ4n) is 3.18. The molecule has 0 radical (unpaired) electrons. The van der Waals surface area contributed by atoms with Gasteiger partial charge in [-0.1, -0.05) is 11.6 Å². The van der Waals surface area contributed by atoms with Gasteiger partial charge in [0.1, 0.15) is 0 Å². The molecule has 1 saturated heterocycles. The molecule has 3 heteroatoms. The fourth-order valence-corrected chi connectivity index (χ4v) is 3.38. The largest absolute Gasteiger partial charge is 0.392 e. The van der Waals surface area contributed by atoms with Gasteiger partial charge in [-0.05, 0) is 43.4 Å². The van der Waals surface area contributed by atoms with Gasteiger partial charge in [-0.2, -0.15) is 0 Å². The highest BCUT2D eigenvalue weighted by Gasteiger charge is 2.38. The zero-order chi connectivity index (χ0) is 11.1. The maximum atomic E-state index is 9.39. The van der Waals surface area contributed by atoms with Crippen molar-refractivity contribution in [3.63, 3.8) is 0 Å². The van der Waals surface area contributed by atoms with Crippen LogP contribution in [0.4, 0.5) is 5.69 Å². The van der Waals surface area contributed by atoms with Gasteiger partial charge in [-0.15, -0.1) is 0 Å². The lowest BCUT2D eigenvalue weighted by Gasteiger charge is -2.30. The number of hydrogen-bond acceptors (Lipinski definition) is 2. The number of aliphatic hydroxyl groups is 1. The SMILES string of the molecule is OCc1cc(Cl)ccc1N1CC2CCC1C2. The summed E-state index contributed by atoms with van der Waals surface area (Å²) in [5.41, 5.74) is 2.14. The lowest BCUT2D eigenvalue weighted by molar-refractivity contribution is 0.282. The number of anilines is 1. The number of benzene rings is 1. The molecule has 0 aromatic heterocycles. The summed E-state index contributed by atoms with van der Waals surface area (Å²) in [6.07, 6.45) is 4.01. The second kappa shape index (κ2) is 3.94. The molecule has 2 aliphatic rings. The third-order valence-corrected chi connectivity index (χ3v) is 4.17. The van der Waals surface area contributed by atoms with Crippen molar-refractivity contribution < 1.29 is 5.11 Å². The quantitative estimate of drug-likeness (QED) is 0.855. The third kappa shape index (κ3) is 1.61. The van der Waals surface area contributed by atoms with E-state index >= 15 is 0 Å². The highest BCUT2D eigenvalue weighted by molar-refractivity contribution is 6.30. The van der Waals surface area contributed by atoms with Crippen LogP contribution < -0.4 is 4.90 Å². The van der Waals surface area contributed by atoms with E-state index in [0.717, 1.165) is 18.0 Å². The van der Waals surface area contributed by atoms with Crippen molar-refractivity contribution in [3.05, 3.63) is 28.8 Å². The summed E-state index contributed by atoms with van der Waals surface area (Å²) in [7, 11) is 0. The van der Waals surface area contributed by atoms with Gasteiger partial charge in [0.15, 0.2) is 0 Å². The number of rotatable bonds is 2. The minimum Gasteiger partial charge on any atom is -0.392 e. The zero-order valence-electron chi connectivity index (χ0n) is 9.19. The van der Waals surface area contributed by atoms with Gasteiger partial charge in [0.05, 0.1) is 6.61 Å². The topological polar surface area (TPSA) is 23.5 Å². The van der Waals surface area contributed by atoms with Crippen LogP contribution in [0.3, 0.4) is 0 Å². The zero-order valence-corrected chi connectivity index (χ0v) is 9.95. The highest BCUT2D eigenvalue weighted by Crippen LogP contribution is 2.41. The summed E-state index contributed by atoms with van der Waals surface area (Å²) < 4.78 is 0. The van der Waals surface area contributed by atoms with Crippen LogP contribution in [0.15, 0.2) is 18.2 Å². The van der Waals surface area contributed by atoms with Gasteiger partial charge in [0.2, 0.25) is 0 Å². The van der Waals surface area contributed by atoms with E-state index in [2.05, 4.69) is 11.0 Å². The first-order chi connectivity index (χ1) is 7.78. The molecule has 2 fully saturated rings. The Bertz CT molecular complexity index is 407. The van der Waals surface area contributed by atoms with Crippen LogP contribution in [0.25, 0.3) is 0 Å². The molecule has 2 unspecified atom stereocenters. The molecule has 0 amide bonds. The predicted molar refractivity (Wildman–Crippen MR) is 65.8 cm³/mol. The van der Waals surface area contributed by atoms with Crippen molar-refractivity contribution in [3.8, 4) is 0 Å². The Balaban J connectivity index is 1.94. The van der Waals surface area contributed by atoms with Crippen LogP contribution >= 0.6 is 11.6 Å². The summed E-state index contributed by atoms with van der Waals surface area (Å²) in [6.45, 7) is 1.23. The van der Waals surface area contributed by atoms with Crippen LogP contribution in [0, 0.1) is 5.92 Å². The van der Waals surface area contributed by atoms with E-state index < -0.39 is 0 Å². The van der Waals surface area contributed by atoms with Crippen LogP contribution in [0.1, 0.15) is 24.8 Å². The Kier molecular flexibility index (Phi) is 2.56. The molecule has 0 spiro atoms. The third-order valence-electron chi connectivity index (χ3n) is 3.93. The molecule has 1 aliphatic heterocycles. The van der Waals surface area contributed by atoms with E-state index in [9.17, 15) is 5.11 Å². The standard InChI is InChI=1S/C13H16ClNO/c14-11-2-4-13(10(6-11)8-16)15-7-9-1-3-12(15)5-9/h2,4,6,9,12,16H,1,3,5,7-8H2. The average Bonchev–Trinajstić information content (AvgIpc) is 2.90. The normalized spacial score (nSPS) is 27.8. The van der Waals surface area contributed by atoms with E-state index in [1.165, 1.54) is 24.9 Å². The van der Waals surface area contributed by atoms with Gasteiger partial charge in [0.25, 0.3) is 0 Å². The monoisotopic (exact) mass is 237 g/mol. The van der Waals surface area contributed by atoms with Gasteiger partial charge < -0.3 is 10.0 Å². The van der Waals surface area contributed by atoms with Gasteiger partial charge >= 0.3 is 0 Å². The molecule has 1 aliphatic carbocycles. The van der Waals surface area contributed by atoms with E-state index in [-0.39, 0.29) is 6.61 Å². The highest BCUT2D eigenvalue weighted by atomic mass is 35.5. The van der Waals surface area contributed by atoms with E-state index in [1.54, 1.807) is 0 Å². The van der Waals surface area contributed by atoms with E-state index in [1.807, 2.05) is 12.1 Å². The number of fused-ring (bicyclic) bond motifs is 2. The van der Waals surface area contributed by atoms with Crippen molar-refractivity contribution in [1.29, 1.82) is 0 Å². The number of halogens is 1. The fraction of sp³-hybridized carbons (Fsp3) is 0.538. The van der Waals surface area contributed by atoms with E-state index in [0.29, 0.717) is 11.1 Å². The summed E-state index contributed by atoms with van der Waals surface area (Å²) >= 11 is 5.95. The molecular formula is C13H16ClNO. The van der Waals surface area contributed by atoms with Crippen molar-refractivity contribution in [2.45, 2.75) is 31.9 Å². The smallest absolute Gasteiger partial charge is 0.0702 e. The molecular weight excluding hydrogens is 222 g/mol. The Labute approximate surface area is 101 Å². The van der Waals surface area contributed by atoms with Gasteiger partial charge in [-0.25, -0.2) is 0 Å². The number of hydrogen-bond donors (Lipinski definition) is 1. The summed E-state index contributed by atoms with van der Waals surface area (Å²) in [6, 6.07) is 6.54. The van der Waals surface area contributed by atoms with Gasteiger partial charge in [0, 0.05) is 28.9 Å². The molecule has 16 heavy (non-hydrogen) atoms. The molecule has 1 saturated carbocycles. The predicted octanol–water partition coefficient (Wildman–Crippen LogP) is 2.82. The minimum absolute atomic E-state index is 0.0732. The van der Waals surface area contributed by atoms with Crippen LogP contribution in [-0.2, 0) is 6.61 Å². The first-order valence-electron chi connectivity index (χ1n) is 5.94. The summed E-state index contributed by atoms with van der Waals surface area (Å²) in [4.78, 5) is 2.45. The molecule has 3 rings (SSSR count). The van der Waals surface area contributed by atoms with Crippen LogP contribution in [0.5, 0.6) is 0 Å². The van der Waals surface area contributed by atoms with Gasteiger partial charge in [-0.3, -0.25) is 0 Å². The number of nitrogens with zero attached hydrogens (tertiary/aromatic N) is 1. The Morgan fingerprint density at radius 2 is 2.25 bits per heavy atom. The van der Waals surface area contributed by atoms with Crippen LogP contribution in [0.2, 0.25) is 5.02 Å². The van der Waals surface area contributed by atoms with Crippen molar-refractivity contribution in [2.24, 2.45) is 5.92 Å². The van der Waals surface area contributed by atoms with Crippen molar-refractivity contribution in [1.82, 2.24) is 0 Å². The molecule has 1 aromatic rings. The first kappa shape index (κ1) is 10.4. The summed E-state index contributed by atoms with van der Waals surface area (Å²) in [5, 5.41) is 10.1. The molecule has 2 nitrogen and oxygen atoms in total. The molecule has 2 atom stereocenters. The van der Waals surface area contributed by atoms with E-state index in [4.69, 9.17) is 11.6 Å². The molecule has 1 heterocycles. The number of aliphatic hydroxyl groups excluding tert-OH is 1. The lowest BCUT2D eigenvalue weighted by atomic mass is 10.1. The van der Waals surface area contributed by atoms with Crippen molar-refractivity contribution >= 4 is 17.3 Å².